The number of nitrogens with one attached hydrogen (secondary N) is 1. The highest BCUT2D eigenvalue weighted by atomic mass is 16.1. The maximum atomic E-state index is 11.2. The Balaban J connectivity index is 2.10. The quantitative estimate of drug-likeness (QED) is 0.686. The van der Waals surface area contributed by atoms with E-state index in [9.17, 15) is 4.79 Å². The number of amides is 1. The molecule has 92 valence electrons. The van der Waals surface area contributed by atoms with Crippen LogP contribution in [0.2, 0.25) is 0 Å². The van der Waals surface area contributed by atoms with E-state index in [1.165, 1.54) is 19.3 Å². The molecule has 1 amide bonds. The third-order valence-electron chi connectivity index (χ3n) is 2.96. The predicted octanol–water partition coefficient (Wildman–Crippen LogP) is 1.18. The Morgan fingerprint density at radius 2 is 1.94 bits per heavy atom. The summed E-state index contributed by atoms with van der Waals surface area (Å²) in [5.74, 6) is -0.496. The van der Waals surface area contributed by atoms with Crippen molar-refractivity contribution in [3.63, 3.8) is 0 Å². The van der Waals surface area contributed by atoms with E-state index in [-0.39, 0.29) is 0 Å². The molecule has 0 bridgehead atoms. The first-order valence-corrected chi connectivity index (χ1v) is 5.88. The minimum Gasteiger partial charge on any atom is -0.398 e. The lowest BCUT2D eigenvalue weighted by Gasteiger charge is -2.28. The van der Waals surface area contributed by atoms with Crippen molar-refractivity contribution in [1.82, 2.24) is 5.01 Å². The van der Waals surface area contributed by atoms with Gasteiger partial charge in [-0.05, 0) is 31.0 Å². The normalized spacial score (nSPS) is 16.7. The van der Waals surface area contributed by atoms with E-state index in [0.29, 0.717) is 11.3 Å². The monoisotopic (exact) mass is 234 g/mol. The lowest BCUT2D eigenvalue weighted by molar-refractivity contribution is 0.100. The fraction of sp³-hybridized carbons (Fsp3) is 0.417. The van der Waals surface area contributed by atoms with Crippen molar-refractivity contribution in [1.29, 1.82) is 0 Å². The number of rotatable bonds is 3. The molecule has 2 rings (SSSR count). The van der Waals surface area contributed by atoms with Gasteiger partial charge < -0.3 is 16.9 Å². The smallest absolute Gasteiger partial charge is 0.250 e. The second-order valence-corrected chi connectivity index (χ2v) is 4.33. The third-order valence-corrected chi connectivity index (χ3v) is 2.96. The molecule has 0 radical (unpaired) electrons. The molecule has 5 heteroatoms. The molecule has 0 unspecified atom stereocenters. The summed E-state index contributed by atoms with van der Waals surface area (Å²) in [7, 11) is 0. The van der Waals surface area contributed by atoms with Crippen LogP contribution in [-0.4, -0.2) is 24.0 Å². The molecule has 5 nitrogen and oxygen atoms in total. The molecule has 1 aliphatic heterocycles. The second kappa shape index (κ2) is 5.05. The zero-order chi connectivity index (χ0) is 12.3. The Kier molecular flexibility index (Phi) is 3.49. The molecular formula is C12H18N4O. The summed E-state index contributed by atoms with van der Waals surface area (Å²) in [5.41, 5.74) is 15.9. The fourth-order valence-corrected chi connectivity index (χ4v) is 2.03. The molecule has 0 atom stereocenters. The van der Waals surface area contributed by atoms with Crippen molar-refractivity contribution in [2.75, 3.05) is 24.2 Å². The lowest BCUT2D eigenvalue weighted by atomic mass is 10.1. The third kappa shape index (κ3) is 2.88. The summed E-state index contributed by atoms with van der Waals surface area (Å²) < 4.78 is 0. The number of carbonyl (C=O) groups is 1. The maximum Gasteiger partial charge on any atom is 0.250 e. The van der Waals surface area contributed by atoms with Crippen LogP contribution in [0.5, 0.6) is 0 Å². The van der Waals surface area contributed by atoms with Gasteiger partial charge in [0.25, 0.3) is 5.91 Å². The zero-order valence-corrected chi connectivity index (χ0v) is 9.78. The average Bonchev–Trinajstić information content (AvgIpc) is 2.32. The van der Waals surface area contributed by atoms with Gasteiger partial charge in [-0.3, -0.25) is 4.79 Å². The standard InChI is InChI=1S/C12H18N4O/c13-11-5-4-9(8-10(11)12(14)17)15-16-6-2-1-3-7-16/h4-5,8,15H,1-3,6-7,13H2,(H2,14,17). The van der Waals surface area contributed by atoms with Crippen molar-refractivity contribution < 1.29 is 4.79 Å². The van der Waals surface area contributed by atoms with Gasteiger partial charge in [-0.25, -0.2) is 5.01 Å². The largest absolute Gasteiger partial charge is 0.398 e. The van der Waals surface area contributed by atoms with Crippen LogP contribution in [0.15, 0.2) is 18.2 Å². The van der Waals surface area contributed by atoms with Crippen LogP contribution in [0.25, 0.3) is 0 Å². The number of primary amides is 1. The van der Waals surface area contributed by atoms with Crippen LogP contribution < -0.4 is 16.9 Å². The van der Waals surface area contributed by atoms with Crippen LogP contribution >= 0.6 is 0 Å². The molecule has 17 heavy (non-hydrogen) atoms. The van der Waals surface area contributed by atoms with E-state index in [2.05, 4.69) is 10.4 Å². The number of hydrogen-bond acceptors (Lipinski definition) is 4. The van der Waals surface area contributed by atoms with Crippen molar-refractivity contribution in [3.05, 3.63) is 23.8 Å². The molecule has 0 aromatic heterocycles. The zero-order valence-electron chi connectivity index (χ0n) is 9.78. The first kappa shape index (κ1) is 11.7. The van der Waals surface area contributed by atoms with E-state index in [0.717, 1.165) is 18.8 Å². The summed E-state index contributed by atoms with van der Waals surface area (Å²) in [4.78, 5) is 11.2. The van der Waals surface area contributed by atoms with Gasteiger partial charge in [0.05, 0.1) is 5.56 Å². The topological polar surface area (TPSA) is 84.4 Å². The Morgan fingerprint density at radius 3 is 2.59 bits per heavy atom. The van der Waals surface area contributed by atoms with Gasteiger partial charge in [0.2, 0.25) is 0 Å². The highest BCUT2D eigenvalue weighted by Gasteiger charge is 2.11. The van der Waals surface area contributed by atoms with Crippen LogP contribution in [0.4, 0.5) is 11.4 Å². The highest BCUT2D eigenvalue weighted by Crippen LogP contribution is 2.19. The summed E-state index contributed by atoms with van der Waals surface area (Å²) in [5, 5.41) is 2.15. The van der Waals surface area contributed by atoms with Crippen molar-refractivity contribution in [2.45, 2.75) is 19.3 Å². The Bertz CT molecular complexity index is 413. The highest BCUT2D eigenvalue weighted by molar-refractivity contribution is 5.98. The van der Waals surface area contributed by atoms with Gasteiger partial charge >= 0.3 is 0 Å². The molecule has 0 spiro atoms. The van der Waals surface area contributed by atoms with E-state index < -0.39 is 5.91 Å². The number of hydrogen-bond donors (Lipinski definition) is 3. The van der Waals surface area contributed by atoms with E-state index in [1.807, 2.05) is 6.07 Å². The molecule has 0 aliphatic carbocycles. The summed E-state index contributed by atoms with van der Waals surface area (Å²) in [6, 6.07) is 5.26. The molecule has 1 aromatic rings. The van der Waals surface area contributed by atoms with Gasteiger partial charge in [-0.15, -0.1) is 0 Å². The van der Waals surface area contributed by atoms with Crippen molar-refractivity contribution in [3.8, 4) is 0 Å². The number of carbonyl (C=O) groups excluding carboxylic acids is 1. The summed E-state index contributed by atoms with van der Waals surface area (Å²) >= 11 is 0. The van der Waals surface area contributed by atoms with Gasteiger partial charge in [0.15, 0.2) is 0 Å². The number of benzene rings is 1. The molecule has 1 aliphatic rings. The Morgan fingerprint density at radius 1 is 1.24 bits per heavy atom. The van der Waals surface area contributed by atoms with Crippen molar-refractivity contribution in [2.24, 2.45) is 5.73 Å². The molecule has 1 fully saturated rings. The Labute approximate surface area is 101 Å². The molecule has 0 saturated carbocycles. The van der Waals surface area contributed by atoms with Gasteiger partial charge in [0.1, 0.15) is 0 Å². The number of hydrazine groups is 1. The van der Waals surface area contributed by atoms with Gasteiger partial charge in [-0.1, -0.05) is 6.42 Å². The second-order valence-electron chi connectivity index (χ2n) is 4.33. The molecular weight excluding hydrogens is 216 g/mol. The summed E-state index contributed by atoms with van der Waals surface area (Å²) in [6.45, 7) is 2.05. The van der Waals surface area contributed by atoms with Crippen LogP contribution in [0, 0.1) is 0 Å². The molecule has 1 saturated heterocycles. The van der Waals surface area contributed by atoms with E-state index >= 15 is 0 Å². The number of anilines is 2. The minimum atomic E-state index is -0.496. The summed E-state index contributed by atoms with van der Waals surface area (Å²) in [6.07, 6.45) is 3.68. The first-order chi connectivity index (χ1) is 8.16. The van der Waals surface area contributed by atoms with Gasteiger partial charge in [-0.2, -0.15) is 0 Å². The maximum absolute atomic E-state index is 11.2. The van der Waals surface area contributed by atoms with Crippen LogP contribution in [-0.2, 0) is 0 Å². The molecule has 1 heterocycles. The number of piperidine rings is 1. The number of nitrogens with two attached hydrogens (primary N) is 2. The van der Waals surface area contributed by atoms with Crippen LogP contribution in [0.3, 0.4) is 0 Å². The number of nitrogens with zero attached hydrogens (tertiary/aromatic N) is 1. The molecule has 5 N–H and O–H groups in total. The lowest BCUT2D eigenvalue weighted by Crippen LogP contribution is -2.34. The molecule has 1 aromatic carbocycles. The van der Waals surface area contributed by atoms with Crippen LogP contribution in [0.1, 0.15) is 29.6 Å². The fourth-order valence-electron chi connectivity index (χ4n) is 2.03. The average molecular weight is 234 g/mol. The SMILES string of the molecule is NC(=O)c1cc(NN2CCCCC2)ccc1N. The van der Waals surface area contributed by atoms with E-state index in [1.54, 1.807) is 12.1 Å². The van der Waals surface area contributed by atoms with E-state index in [4.69, 9.17) is 11.5 Å². The van der Waals surface area contributed by atoms with Gasteiger partial charge in [0, 0.05) is 24.5 Å². The minimum absolute atomic E-state index is 0.368. The predicted molar refractivity (Wildman–Crippen MR) is 68.4 cm³/mol. The first-order valence-electron chi connectivity index (χ1n) is 5.88. The Hall–Kier alpha value is -1.75. The number of nitrogen functional groups attached to an aromatic ring is 1. The van der Waals surface area contributed by atoms with Crippen molar-refractivity contribution >= 4 is 17.3 Å².